The lowest BCUT2D eigenvalue weighted by Crippen LogP contribution is -2.40. The number of nitrogens with zero attached hydrogens (tertiary/aromatic N) is 3. The monoisotopic (exact) mass is 427 g/mol. The topological polar surface area (TPSA) is 75.3 Å². The average Bonchev–Trinajstić information content (AvgIpc) is 3.15. The minimum Gasteiger partial charge on any atom is -0.461 e. The Labute approximate surface area is 180 Å². The maximum absolute atomic E-state index is 6.56. The Balaban J connectivity index is 1.37. The van der Waals surface area contributed by atoms with Gasteiger partial charge in [0.1, 0.15) is 6.10 Å². The number of fused-ring (bicyclic) bond motifs is 1. The third kappa shape index (κ3) is 4.10. The van der Waals surface area contributed by atoms with Crippen LogP contribution in [0.25, 0.3) is 22.4 Å². The summed E-state index contributed by atoms with van der Waals surface area (Å²) < 4.78 is 11.5. The van der Waals surface area contributed by atoms with E-state index in [0.29, 0.717) is 22.7 Å². The smallest absolute Gasteiger partial charge is 0.296 e. The molecule has 2 N–H and O–H groups in total. The lowest BCUT2D eigenvalue weighted by Gasteiger charge is -2.28. The number of nitrogens with one attached hydrogen (secondary N) is 2. The van der Waals surface area contributed by atoms with Crippen molar-refractivity contribution in [3.63, 3.8) is 0 Å². The van der Waals surface area contributed by atoms with Crippen LogP contribution in [0.3, 0.4) is 0 Å². The molecule has 5 rings (SSSR count). The fourth-order valence-corrected chi connectivity index (χ4v) is 4.42. The van der Waals surface area contributed by atoms with Crippen molar-refractivity contribution in [1.29, 1.82) is 0 Å². The van der Waals surface area contributed by atoms with Crippen LogP contribution in [0.15, 0.2) is 30.3 Å². The number of halogens is 1. The molecule has 0 saturated carbocycles. The van der Waals surface area contributed by atoms with Crippen molar-refractivity contribution in [2.45, 2.75) is 31.9 Å². The maximum Gasteiger partial charge on any atom is 0.296 e. The fourth-order valence-electron chi connectivity index (χ4n) is 4.16. The molecule has 2 aliphatic heterocycles. The highest BCUT2D eigenvalue weighted by Crippen LogP contribution is 2.31. The largest absolute Gasteiger partial charge is 0.461 e. The summed E-state index contributed by atoms with van der Waals surface area (Å²) in [5.41, 5.74) is 4.28. The zero-order valence-electron chi connectivity index (χ0n) is 17.0. The van der Waals surface area contributed by atoms with Crippen molar-refractivity contribution < 1.29 is 9.47 Å². The van der Waals surface area contributed by atoms with Crippen LogP contribution >= 0.6 is 11.6 Å². The standard InChI is InChI=1S/C22H26ClN5O2/c1-14-12-17(6-7-24-14)30-22-25-19-13-18(23)20(26-21(19)27-22)15-2-4-16(5-3-15)28-8-10-29-11-9-28/h2-5,13-14,17,24H,6-12H2,1H3,(H,25,26,27)/t14-,17-/m0/s1. The van der Waals surface area contributed by atoms with Crippen LogP contribution in [-0.4, -0.2) is 59.9 Å². The summed E-state index contributed by atoms with van der Waals surface area (Å²) in [5, 5.41) is 4.02. The first-order valence-corrected chi connectivity index (χ1v) is 10.9. The van der Waals surface area contributed by atoms with E-state index in [1.54, 1.807) is 0 Å². The fraction of sp³-hybridized carbons (Fsp3) is 0.455. The number of anilines is 1. The van der Waals surface area contributed by atoms with Crippen molar-refractivity contribution in [2.24, 2.45) is 0 Å². The van der Waals surface area contributed by atoms with E-state index in [4.69, 9.17) is 26.1 Å². The predicted molar refractivity (Wildman–Crippen MR) is 118 cm³/mol. The minimum absolute atomic E-state index is 0.157. The van der Waals surface area contributed by atoms with Gasteiger partial charge in [-0.25, -0.2) is 4.98 Å². The van der Waals surface area contributed by atoms with E-state index < -0.39 is 0 Å². The molecule has 0 amide bonds. The highest BCUT2D eigenvalue weighted by atomic mass is 35.5. The number of morpholine rings is 1. The first kappa shape index (κ1) is 19.6. The third-order valence-electron chi connectivity index (χ3n) is 5.78. The number of ether oxygens (including phenoxy) is 2. The summed E-state index contributed by atoms with van der Waals surface area (Å²) in [5.74, 6) is 0. The molecule has 0 radical (unpaired) electrons. The van der Waals surface area contributed by atoms with Gasteiger partial charge in [-0.1, -0.05) is 23.7 Å². The van der Waals surface area contributed by atoms with Gasteiger partial charge in [0.15, 0.2) is 5.65 Å². The van der Waals surface area contributed by atoms with Gasteiger partial charge in [-0.2, -0.15) is 4.98 Å². The molecule has 4 heterocycles. The summed E-state index contributed by atoms with van der Waals surface area (Å²) in [4.78, 5) is 14.8. The number of aromatic nitrogens is 3. The Kier molecular flexibility index (Phi) is 5.50. The maximum atomic E-state index is 6.56. The van der Waals surface area contributed by atoms with Crippen molar-refractivity contribution in [3.05, 3.63) is 35.4 Å². The van der Waals surface area contributed by atoms with E-state index in [2.05, 4.69) is 51.4 Å². The summed E-state index contributed by atoms with van der Waals surface area (Å²) >= 11 is 6.56. The van der Waals surface area contributed by atoms with Crippen LogP contribution in [0.4, 0.5) is 5.69 Å². The van der Waals surface area contributed by atoms with Gasteiger partial charge >= 0.3 is 0 Å². The van der Waals surface area contributed by atoms with Crippen molar-refractivity contribution in [3.8, 4) is 17.3 Å². The van der Waals surface area contributed by atoms with Crippen molar-refractivity contribution >= 4 is 28.5 Å². The molecule has 158 valence electrons. The number of H-pyrrole nitrogens is 1. The van der Waals surface area contributed by atoms with Crippen molar-refractivity contribution in [2.75, 3.05) is 37.7 Å². The van der Waals surface area contributed by atoms with E-state index in [1.165, 1.54) is 5.69 Å². The number of aromatic amines is 1. The normalized spacial score (nSPS) is 22.4. The average molecular weight is 428 g/mol. The van der Waals surface area contributed by atoms with Crippen LogP contribution in [0, 0.1) is 0 Å². The second kappa shape index (κ2) is 8.41. The lowest BCUT2D eigenvalue weighted by molar-refractivity contribution is 0.122. The van der Waals surface area contributed by atoms with Gasteiger partial charge in [0, 0.05) is 30.4 Å². The van der Waals surface area contributed by atoms with E-state index in [9.17, 15) is 0 Å². The second-order valence-electron chi connectivity index (χ2n) is 8.00. The number of piperidine rings is 1. The number of imidazole rings is 1. The van der Waals surface area contributed by atoms with E-state index in [1.807, 2.05) is 6.07 Å². The minimum atomic E-state index is 0.157. The van der Waals surface area contributed by atoms with Gasteiger partial charge in [0.2, 0.25) is 0 Å². The predicted octanol–water partition coefficient (Wildman–Crippen LogP) is 3.63. The Morgan fingerprint density at radius 1 is 1.17 bits per heavy atom. The molecule has 0 aliphatic carbocycles. The Morgan fingerprint density at radius 3 is 2.73 bits per heavy atom. The molecular weight excluding hydrogens is 402 g/mol. The first-order valence-electron chi connectivity index (χ1n) is 10.5. The molecule has 3 aromatic rings. The quantitative estimate of drug-likeness (QED) is 0.662. The van der Waals surface area contributed by atoms with Gasteiger partial charge in [-0.15, -0.1) is 0 Å². The first-order chi connectivity index (χ1) is 14.7. The summed E-state index contributed by atoms with van der Waals surface area (Å²) in [6.45, 7) is 6.50. The SMILES string of the molecule is C[C@H]1C[C@@H](Oc2nc3nc(-c4ccc(N5CCOCC5)cc4)c(Cl)cc3[nH]2)CCN1. The molecular formula is C22H26ClN5O2. The zero-order chi connectivity index (χ0) is 20.5. The lowest BCUT2D eigenvalue weighted by atomic mass is 10.0. The Hall–Kier alpha value is -2.35. The van der Waals surface area contributed by atoms with Crippen molar-refractivity contribution in [1.82, 2.24) is 20.3 Å². The molecule has 30 heavy (non-hydrogen) atoms. The Bertz CT molecular complexity index is 1020. The van der Waals surface area contributed by atoms with Gasteiger partial charge in [0.05, 0.1) is 29.4 Å². The third-order valence-corrected chi connectivity index (χ3v) is 6.06. The highest BCUT2D eigenvalue weighted by Gasteiger charge is 2.21. The van der Waals surface area contributed by atoms with Crippen LogP contribution in [0.5, 0.6) is 6.01 Å². The zero-order valence-corrected chi connectivity index (χ0v) is 17.8. The Morgan fingerprint density at radius 2 is 1.97 bits per heavy atom. The molecule has 8 heteroatoms. The molecule has 2 atom stereocenters. The van der Waals surface area contributed by atoms with E-state index in [0.717, 1.165) is 62.5 Å². The van der Waals surface area contributed by atoms with Crippen LogP contribution in [0.2, 0.25) is 5.02 Å². The molecule has 0 bridgehead atoms. The number of benzene rings is 1. The number of rotatable bonds is 4. The van der Waals surface area contributed by atoms with Crippen LogP contribution in [0.1, 0.15) is 19.8 Å². The summed E-state index contributed by atoms with van der Waals surface area (Å²) in [6.07, 6.45) is 2.09. The number of hydrogen-bond donors (Lipinski definition) is 2. The molecule has 2 saturated heterocycles. The van der Waals surface area contributed by atoms with Gasteiger partial charge in [0.25, 0.3) is 6.01 Å². The molecule has 2 fully saturated rings. The second-order valence-corrected chi connectivity index (χ2v) is 8.40. The molecule has 1 aromatic carbocycles. The molecule has 2 aromatic heterocycles. The van der Waals surface area contributed by atoms with Gasteiger partial charge in [-0.3, -0.25) is 0 Å². The summed E-state index contributed by atoms with van der Waals surface area (Å²) in [7, 11) is 0. The van der Waals surface area contributed by atoms with Gasteiger partial charge in [-0.05, 0) is 44.5 Å². The molecule has 0 spiro atoms. The summed E-state index contributed by atoms with van der Waals surface area (Å²) in [6, 6.07) is 11.2. The highest BCUT2D eigenvalue weighted by molar-refractivity contribution is 6.33. The number of hydrogen-bond acceptors (Lipinski definition) is 6. The number of pyridine rings is 1. The van der Waals surface area contributed by atoms with E-state index >= 15 is 0 Å². The van der Waals surface area contributed by atoms with Crippen LogP contribution < -0.4 is 15.0 Å². The van der Waals surface area contributed by atoms with Gasteiger partial charge < -0.3 is 24.7 Å². The molecule has 7 nitrogen and oxygen atoms in total. The van der Waals surface area contributed by atoms with Crippen LogP contribution in [-0.2, 0) is 4.74 Å². The molecule has 0 unspecified atom stereocenters. The molecule has 2 aliphatic rings. The van der Waals surface area contributed by atoms with E-state index in [-0.39, 0.29) is 6.10 Å².